The van der Waals surface area contributed by atoms with Crippen LogP contribution in [0.4, 0.5) is 0 Å². The van der Waals surface area contributed by atoms with E-state index >= 15 is 0 Å². The number of hydrogen-bond donors (Lipinski definition) is 0. The highest BCUT2D eigenvalue weighted by Crippen LogP contribution is 2.28. The Morgan fingerprint density at radius 2 is 1.55 bits per heavy atom. The van der Waals surface area contributed by atoms with Crippen LogP contribution in [0.25, 0.3) is 0 Å². The zero-order valence-electron chi connectivity index (χ0n) is 5.94. The molecule has 1 aromatic carbocycles. The van der Waals surface area contributed by atoms with Gasteiger partial charge in [0.25, 0.3) is 0 Å². The van der Waals surface area contributed by atoms with Crippen LogP contribution in [0.1, 0.15) is 0 Å². The van der Waals surface area contributed by atoms with Crippen LogP contribution in [0.2, 0.25) is 0 Å². The molecule has 0 nitrogen and oxygen atoms in total. The molecule has 2 rings (SSSR count). The minimum atomic E-state index is 0.594. The third kappa shape index (κ3) is 1.66. The van der Waals surface area contributed by atoms with E-state index in [-0.39, 0.29) is 0 Å². The van der Waals surface area contributed by atoms with E-state index in [2.05, 4.69) is 41.1 Å². The van der Waals surface area contributed by atoms with Crippen LogP contribution in [0.3, 0.4) is 0 Å². The molecule has 1 aromatic rings. The van der Waals surface area contributed by atoms with E-state index < -0.39 is 0 Å². The Balaban J connectivity index is 2.17. The highest BCUT2D eigenvalue weighted by atomic mass is 32.2. The molecule has 0 radical (unpaired) electrons. The van der Waals surface area contributed by atoms with E-state index in [1.807, 2.05) is 23.2 Å². The minimum Gasteiger partial charge on any atom is -0.162 e. The summed E-state index contributed by atoms with van der Waals surface area (Å²) in [5, 5.41) is 4.90. The zero-order chi connectivity index (χ0) is 7.52. The van der Waals surface area contributed by atoms with Gasteiger partial charge in [-0.1, -0.05) is 35.8 Å². The first kappa shape index (κ1) is 7.38. The predicted molar refractivity (Wildman–Crippen MR) is 56.2 cm³/mol. The van der Waals surface area contributed by atoms with Gasteiger partial charge in [0, 0.05) is 0 Å². The van der Waals surface area contributed by atoms with Crippen molar-refractivity contribution in [2.24, 2.45) is 0 Å². The fraction of sp³-hybridized carbons (Fsp3) is 0. The largest absolute Gasteiger partial charge is 0.316 e. The maximum atomic E-state index is 2.18. The summed E-state index contributed by atoms with van der Waals surface area (Å²) in [4.78, 5) is 0. The molecule has 1 heterocycles. The van der Waals surface area contributed by atoms with Crippen molar-refractivity contribution < 1.29 is 0 Å². The van der Waals surface area contributed by atoms with Gasteiger partial charge in [0.1, 0.15) is 0 Å². The van der Waals surface area contributed by atoms with E-state index in [4.69, 9.17) is 0 Å². The van der Waals surface area contributed by atoms with Gasteiger partial charge in [-0.3, -0.25) is 0 Å². The van der Waals surface area contributed by atoms with Crippen molar-refractivity contribution in [2.45, 2.75) is 0 Å². The van der Waals surface area contributed by atoms with E-state index in [1.165, 1.54) is 5.46 Å². The Kier molecular flexibility index (Phi) is 2.29. The zero-order valence-corrected chi connectivity index (χ0v) is 7.57. The highest BCUT2D eigenvalue weighted by molar-refractivity contribution is 8.59. The van der Waals surface area contributed by atoms with Gasteiger partial charge in [-0.25, -0.2) is 0 Å². The molecule has 0 saturated carbocycles. The summed E-state index contributed by atoms with van der Waals surface area (Å²) in [5.74, 6) is 0. The van der Waals surface area contributed by atoms with Crippen molar-refractivity contribution in [1.29, 1.82) is 0 Å². The first-order valence-corrected chi connectivity index (χ1v) is 5.36. The van der Waals surface area contributed by atoms with E-state index in [0.717, 1.165) is 0 Å². The SMILES string of the molecule is C1=CSB(c2ccccc2)S1. The molecule has 0 fully saturated rings. The first-order valence-electron chi connectivity index (χ1n) is 3.48. The molecule has 3 heteroatoms. The van der Waals surface area contributed by atoms with Gasteiger partial charge in [0.05, 0.1) is 0 Å². The molecular weight excluding hydrogens is 171 g/mol. The van der Waals surface area contributed by atoms with Gasteiger partial charge in [-0.05, 0) is 10.8 Å². The summed E-state index contributed by atoms with van der Waals surface area (Å²) >= 11 is 3.76. The van der Waals surface area contributed by atoms with Crippen molar-refractivity contribution >= 4 is 34.0 Å². The lowest BCUT2D eigenvalue weighted by atomic mass is 9.93. The third-order valence-electron chi connectivity index (χ3n) is 1.53. The molecule has 0 N–H and O–H groups in total. The van der Waals surface area contributed by atoms with Crippen LogP contribution >= 0.6 is 23.2 Å². The molecule has 1 aliphatic heterocycles. The third-order valence-corrected chi connectivity index (χ3v) is 4.00. The summed E-state index contributed by atoms with van der Waals surface area (Å²) in [7, 11) is 0. The summed E-state index contributed by atoms with van der Waals surface area (Å²) in [6.07, 6.45) is 0. The standard InChI is InChI=1S/C8H7BS2/c1-2-4-8(5-3-1)9-10-6-7-11-9/h1-7H. The van der Waals surface area contributed by atoms with Crippen molar-refractivity contribution in [3.05, 3.63) is 41.1 Å². The lowest BCUT2D eigenvalue weighted by molar-refractivity contribution is 1.77. The van der Waals surface area contributed by atoms with Gasteiger partial charge >= 0.3 is 5.27 Å². The van der Waals surface area contributed by atoms with Crippen molar-refractivity contribution in [3.63, 3.8) is 0 Å². The second-order valence-corrected chi connectivity index (χ2v) is 4.62. The molecule has 0 spiro atoms. The predicted octanol–water partition coefficient (Wildman–Crippen LogP) is 2.33. The summed E-state index contributed by atoms with van der Waals surface area (Å²) in [6, 6.07) is 10.6. The van der Waals surface area contributed by atoms with Crippen LogP contribution in [0.15, 0.2) is 41.1 Å². The summed E-state index contributed by atoms with van der Waals surface area (Å²) in [5.41, 5.74) is 1.41. The Labute approximate surface area is 75.3 Å². The van der Waals surface area contributed by atoms with Gasteiger partial charge < -0.3 is 0 Å². The van der Waals surface area contributed by atoms with Crippen molar-refractivity contribution in [3.8, 4) is 0 Å². The average Bonchev–Trinajstić information content (AvgIpc) is 2.58. The fourth-order valence-corrected chi connectivity index (χ4v) is 3.07. The Morgan fingerprint density at radius 1 is 0.909 bits per heavy atom. The molecular formula is C8H7BS2. The van der Waals surface area contributed by atoms with Crippen molar-refractivity contribution in [1.82, 2.24) is 0 Å². The minimum absolute atomic E-state index is 0.594. The van der Waals surface area contributed by atoms with E-state index in [1.54, 1.807) is 0 Å². The molecule has 0 saturated heterocycles. The molecule has 0 aromatic heterocycles. The summed E-state index contributed by atoms with van der Waals surface area (Å²) < 4.78 is 0. The maximum absolute atomic E-state index is 2.18. The lowest BCUT2D eigenvalue weighted by Crippen LogP contribution is -2.20. The lowest BCUT2D eigenvalue weighted by Gasteiger charge is -2.01. The number of benzene rings is 1. The topological polar surface area (TPSA) is 0 Å². The Bertz CT molecular complexity index is 250. The number of hydrogen-bond acceptors (Lipinski definition) is 2. The van der Waals surface area contributed by atoms with Crippen LogP contribution in [0.5, 0.6) is 0 Å². The molecule has 1 aliphatic rings. The van der Waals surface area contributed by atoms with Crippen LogP contribution in [0, 0.1) is 0 Å². The van der Waals surface area contributed by atoms with Gasteiger partial charge in [0.15, 0.2) is 0 Å². The molecule has 11 heavy (non-hydrogen) atoms. The van der Waals surface area contributed by atoms with Gasteiger partial charge in [0.2, 0.25) is 0 Å². The van der Waals surface area contributed by atoms with Crippen LogP contribution < -0.4 is 5.46 Å². The quantitative estimate of drug-likeness (QED) is 0.605. The Hall–Kier alpha value is -0.275. The highest BCUT2D eigenvalue weighted by Gasteiger charge is 2.18. The smallest absolute Gasteiger partial charge is 0.162 e. The molecule has 0 atom stereocenters. The molecule has 0 aliphatic carbocycles. The number of rotatable bonds is 1. The van der Waals surface area contributed by atoms with Gasteiger partial charge in [-0.2, -0.15) is 23.2 Å². The molecule has 0 bridgehead atoms. The first-order chi connectivity index (χ1) is 5.47. The second kappa shape index (κ2) is 3.41. The molecule has 0 amide bonds. The van der Waals surface area contributed by atoms with Crippen LogP contribution in [-0.4, -0.2) is 5.27 Å². The second-order valence-electron chi connectivity index (χ2n) is 2.29. The summed E-state index contributed by atoms with van der Waals surface area (Å²) in [6.45, 7) is 0. The average molecular weight is 178 g/mol. The molecule has 0 unspecified atom stereocenters. The van der Waals surface area contributed by atoms with Crippen LogP contribution in [-0.2, 0) is 0 Å². The van der Waals surface area contributed by atoms with E-state index in [9.17, 15) is 0 Å². The Morgan fingerprint density at radius 3 is 2.18 bits per heavy atom. The van der Waals surface area contributed by atoms with E-state index in [0.29, 0.717) is 5.27 Å². The monoisotopic (exact) mass is 178 g/mol. The molecule has 54 valence electrons. The van der Waals surface area contributed by atoms with Crippen molar-refractivity contribution in [2.75, 3.05) is 0 Å². The maximum Gasteiger partial charge on any atom is 0.316 e. The normalized spacial score (nSPS) is 15.8. The fourth-order valence-electron chi connectivity index (χ4n) is 1.01. The van der Waals surface area contributed by atoms with Gasteiger partial charge in [-0.15, -0.1) is 0 Å².